The molecule has 0 N–H and O–H groups in total. The summed E-state index contributed by atoms with van der Waals surface area (Å²) in [7, 11) is -1.98. The summed E-state index contributed by atoms with van der Waals surface area (Å²) in [5.41, 5.74) is 2.44. The van der Waals surface area contributed by atoms with Crippen LogP contribution in [-0.2, 0) is 9.84 Å². The Balaban J connectivity index is 2.00. The summed E-state index contributed by atoms with van der Waals surface area (Å²) in [4.78, 5) is 13.9. The molecule has 0 aliphatic carbocycles. The van der Waals surface area contributed by atoms with Crippen LogP contribution in [0.15, 0.2) is 65.5 Å². The second-order valence-corrected chi connectivity index (χ2v) is 11.4. The molecule has 7 nitrogen and oxygen atoms in total. The van der Waals surface area contributed by atoms with Crippen molar-refractivity contribution in [1.82, 2.24) is 9.13 Å². The molecule has 0 saturated heterocycles. The first-order chi connectivity index (χ1) is 17.6. The predicted octanol–water partition coefficient (Wildman–Crippen LogP) is 5.23. The van der Waals surface area contributed by atoms with Crippen LogP contribution in [0, 0.1) is 5.82 Å². The van der Waals surface area contributed by atoms with Gasteiger partial charge in [0.1, 0.15) is 15.7 Å². The van der Waals surface area contributed by atoms with Crippen LogP contribution in [0.25, 0.3) is 22.2 Å². The largest absolute Gasteiger partial charge is 0.493 e. The lowest BCUT2D eigenvalue weighted by atomic mass is 10.0. The average Bonchev–Trinajstić information content (AvgIpc) is 3.13. The third-order valence-electron chi connectivity index (χ3n) is 6.25. The Morgan fingerprint density at radius 3 is 2.30 bits per heavy atom. The highest BCUT2D eigenvalue weighted by Gasteiger charge is 2.27. The minimum atomic E-state index is -3.50. The summed E-state index contributed by atoms with van der Waals surface area (Å²) >= 11 is 0. The van der Waals surface area contributed by atoms with Crippen molar-refractivity contribution in [3.05, 3.63) is 82.5 Å². The quantitative estimate of drug-likeness (QED) is 0.298. The number of imidazole rings is 1. The number of benzene rings is 3. The maximum atomic E-state index is 14.6. The van der Waals surface area contributed by atoms with Crippen LogP contribution in [-0.4, -0.2) is 43.3 Å². The minimum absolute atomic E-state index is 0.221. The van der Waals surface area contributed by atoms with Crippen LogP contribution in [0.2, 0.25) is 0 Å². The van der Waals surface area contributed by atoms with Gasteiger partial charge in [-0.05, 0) is 62.2 Å². The van der Waals surface area contributed by atoms with Gasteiger partial charge in [0.2, 0.25) is 0 Å². The molecule has 0 amide bonds. The van der Waals surface area contributed by atoms with Crippen LogP contribution >= 0.6 is 0 Å². The standard InChI is InChI=1S/C28H31FN2O5S/c1-6-36-27-16-20(12-14-26(27)35-4)25(17-37(5,33)34)31-23-13-11-19(21-9-7-8-10-22(21)29)15-24(23)30(18(2)3)28(31)32/h7-16,18,25H,6,17H2,1-5H3/t25-/m0/s1. The van der Waals surface area contributed by atoms with E-state index in [2.05, 4.69) is 0 Å². The van der Waals surface area contributed by atoms with E-state index in [0.717, 1.165) is 6.26 Å². The number of rotatable bonds is 9. The third-order valence-corrected chi connectivity index (χ3v) is 7.17. The molecule has 9 heteroatoms. The number of aromatic nitrogens is 2. The monoisotopic (exact) mass is 526 g/mol. The Morgan fingerprint density at radius 1 is 0.946 bits per heavy atom. The zero-order valence-electron chi connectivity index (χ0n) is 21.6. The van der Waals surface area contributed by atoms with Gasteiger partial charge >= 0.3 is 5.69 Å². The number of hydrogen-bond acceptors (Lipinski definition) is 5. The van der Waals surface area contributed by atoms with Crippen LogP contribution in [0.5, 0.6) is 11.5 Å². The molecule has 1 aromatic heterocycles. The highest BCUT2D eigenvalue weighted by molar-refractivity contribution is 7.90. The number of sulfone groups is 1. The maximum Gasteiger partial charge on any atom is 0.329 e. The van der Waals surface area contributed by atoms with Gasteiger partial charge in [0, 0.05) is 17.9 Å². The van der Waals surface area contributed by atoms with Gasteiger partial charge in [0.15, 0.2) is 11.5 Å². The van der Waals surface area contributed by atoms with Crippen molar-refractivity contribution in [1.29, 1.82) is 0 Å². The second-order valence-electron chi connectivity index (χ2n) is 9.25. The van der Waals surface area contributed by atoms with E-state index >= 15 is 0 Å². The molecule has 4 aromatic rings. The Bertz CT molecular complexity index is 1600. The van der Waals surface area contributed by atoms with Gasteiger partial charge in [-0.1, -0.05) is 30.3 Å². The topological polar surface area (TPSA) is 79.5 Å². The van der Waals surface area contributed by atoms with Crippen LogP contribution in [0.3, 0.4) is 0 Å². The van der Waals surface area contributed by atoms with E-state index in [0.29, 0.717) is 45.8 Å². The summed E-state index contributed by atoms with van der Waals surface area (Å²) in [6, 6.07) is 15.9. The fraction of sp³-hybridized carbons (Fsp3) is 0.321. The van der Waals surface area contributed by atoms with E-state index in [4.69, 9.17) is 9.47 Å². The normalized spacial score (nSPS) is 12.7. The fourth-order valence-corrected chi connectivity index (χ4v) is 5.60. The lowest BCUT2D eigenvalue weighted by Gasteiger charge is -2.20. The fourth-order valence-electron chi connectivity index (χ4n) is 4.68. The molecular weight excluding hydrogens is 495 g/mol. The number of methoxy groups -OCH3 is 1. The number of nitrogens with zero attached hydrogens (tertiary/aromatic N) is 2. The first-order valence-electron chi connectivity index (χ1n) is 12.1. The molecule has 1 atom stereocenters. The molecule has 37 heavy (non-hydrogen) atoms. The zero-order chi connectivity index (χ0) is 26.9. The molecular formula is C28H31FN2O5S. The van der Waals surface area contributed by atoms with E-state index in [1.807, 2.05) is 20.8 Å². The SMILES string of the molecule is CCOc1cc([C@H](CS(C)(=O)=O)n2c(=O)n(C(C)C)c3cc(-c4ccccc4F)ccc32)ccc1OC. The first-order valence-corrected chi connectivity index (χ1v) is 14.1. The molecule has 0 radical (unpaired) electrons. The number of halogens is 1. The van der Waals surface area contributed by atoms with Crippen molar-refractivity contribution in [3.63, 3.8) is 0 Å². The Morgan fingerprint density at radius 2 is 1.68 bits per heavy atom. The van der Waals surface area contributed by atoms with Crippen molar-refractivity contribution in [2.75, 3.05) is 25.7 Å². The predicted molar refractivity (Wildman–Crippen MR) is 144 cm³/mol. The third kappa shape index (κ3) is 5.27. The second kappa shape index (κ2) is 10.4. The van der Waals surface area contributed by atoms with E-state index in [1.54, 1.807) is 59.2 Å². The van der Waals surface area contributed by atoms with E-state index in [-0.39, 0.29) is 23.3 Å². The van der Waals surface area contributed by atoms with Gasteiger partial charge in [-0.3, -0.25) is 9.13 Å². The highest BCUT2D eigenvalue weighted by Crippen LogP contribution is 2.34. The van der Waals surface area contributed by atoms with E-state index < -0.39 is 15.9 Å². The molecule has 0 aliphatic heterocycles. The van der Waals surface area contributed by atoms with Gasteiger partial charge in [-0.2, -0.15) is 0 Å². The van der Waals surface area contributed by atoms with Crippen molar-refractivity contribution in [2.45, 2.75) is 32.9 Å². The van der Waals surface area contributed by atoms with Crippen molar-refractivity contribution < 1.29 is 22.3 Å². The molecule has 0 fully saturated rings. The average molecular weight is 527 g/mol. The van der Waals surface area contributed by atoms with Crippen molar-refractivity contribution in [2.24, 2.45) is 0 Å². The van der Waals surface area contributed by atoms with E-state index in [1.165, 1.54) is 17.7 Å². The zero-order valence-corrected chi connectivity index (χ0v) is 22.4. The van der Waals surface area contributed by atoms with Crippen molar-refractivity contribution >= 4 is 20.9 Å². The maximum absolute atomic E-state index is 14.6. The summed E-state index contributed by atoms with van der Waals surface area (Å²) in [5, 5.41) is 0. The number of ether oxygens (including phenoxy) is 2. The molecule has 0 aliphatic rings. The summed E-state index contributed by atoms with van der Waals surface area (Å²) in [6.45, 7) is 6.00. The van der Waals surface area contributed by atoms with Gasteiger partial charge in [0.05, 0.1) is 36.5 Å². The smallest absolute Gasteiger partial charge is 0.329 e. The van der Waals surface area contributed by atoms with Crippen LogP contribution in [0.4, 0.5) is 4.39 Å². The Labute approximate surface area is 216 Å². The van der Waals surface area contributed by atoms with E-state index in [9.17, 15) is 17.6 Å². The summed E-state index contributed by atoms with van der Waals surface area (Å²) in [6.07, 6.45) is 1.15. The van der Waals surface area contributed by atoms with Gasteiger partial charge in [-0.15, -0.1) is 0 Å². The molecule has 3 aromatic carbocycles. The molecule has 0 spiro atoms. The van der Waals surface area contributed by atoms with Crippen LogP contribution < -0.4 is 15.2 Å². The molecule has 196 valence electrons. The van der Waals surface area contributed by atoms with Gasteiger partial charge in [0.25, 0.3) is 0 Å². The van der Waals surface area contributed by atoms with Gasteiger partial charge in [-0.25, -0.2) is 17.6 Å². The van der Waals surface area contributed by atoms with Gasteiger partial charge < -0.3 is 9.47 Å². The Hall–Kier alpha value is -3.59. The number of fused-ring (bicyclic) bond motifs is 1. The lowest BCUT2D eigenvalue weighted by molar-refractivity contribution is 0.310. The molecule has 0 unspecified atom stereocenters. The number of hydrogen-bond donors (Lipinski definition) is 0. The Kier molecular flexibility index (Phi) is 7.45. The minimum Gasteiger partial charge on any atom is -0.493 e. The first kappa shape index (κ1) is 26.5. The van der Waals surface area contributed by atoms with Crippen LogP contribution in [0.1, 0.15) is 38.4 Å². The summed E-state index contributed by atoms with van der Waals surface area (Å²) in [5.74, 6) is 0.312. The summed E-state index contributed by atoms with van der Waals surface area (Å²) < 4.78 is 53.9. The molecule has 1 heterocycles. The lowest BCUT2D eigenvalue weighted by Crippen LogP contribution is -2.32. The molecule has 0 saturated carbocycles. The highest BCUT2D eigenvalue weighted by atomic mass is 32.2. The molecule has 0 bridgehead atoms. The van der Waals surface area contributed by atoms with Crippen molar-refractivity contribution in [3.8, 4) is 22.6 Å². The molecule has 4 rings (SSSR count).